The van der Waals surface area contributed by atoms with Crippen LogP contribution in [0.25, 0.3) is 0 Å². The van der Waals surface area contributed by atoms with E-state index in [2.05, 4.69) is 66.7 Å². The molecule has 0 bridgehead atoms. The maximum Gasteiger partial charge on any atom is 0.0808 e. The van der Waals surface area contributed by atoms with Gasteiger partial charge in [0.15, 0.2) is 0 Å². The number of hydrogen-bond acceptors (Lipinski definition) is 2. The monoisotopic (exact) mass is 345 g/mol. The Morgan fingerprint density at radius 2 is 1.79 bits per heavy atom. The minimum Gasteiger partial charge on any atom is -0.366 e. The molecule has 1 aliphatic heterocycles. The highest BCUT2D eigenvalue weighted by molar-refractivity contribution is 9.08. The van der Waals surface area contributed by atoms with Gasteiger partial charge < -0.3 is 9.64 Å². The molecular formula is C15H21BrClNO. The minimum absolute atomic E-state index is 0.150. The molecule has 1 heterocycles. The molecule has 0 atom stereocenters. The minimum atomic E-state index is -0.150. The van der Waals surface area contributed by atoms with Crippen molar-refractivity contribution in [3.8, 4) is 0 Å². The van der Waals surface area contributed by atoms with E-state index in [1.165, 1.54) is 5.69 Å². The zero-order valence-corrected chi connectivity index (χ0v) is 14.3. The standard InChI is InChI=1S/C15H21BrClNO/c1-14(2)9-18(10-15(3,4)19-14)12-6-5-11(8-16)13(17)7-12/h5-7H,8-10H2,1-4H3. The average molecular weight is 347 g/mol. The van der Waals surface area contributed by atoms with Crippen LogP contribution in [0.2, 0.25) is 5.02 Å². The zero-order valence-electron chi connectivity index (χ0n) is 12.0. The van der Waals surface area contributed by atoms with Gasteiger partial charge in [0.1, 0.15) is 0 Å². The van der Waals surface area contributed by atoms with Crippen molar-refractivity contribution in [2.24, 2.45) is 0 Å². The third kappa shape index (κ3) is 3.65. The highest BCUT2D eigenvalue weighted by Gasteiger charge is 2.38. The first kappa shape index (κ1) is 15.1. The number of nitrogens with zero attached hydrogens (tertiary/aromatic N) is 1. The highest BCUT2D eigenvalue weighted by Crippen LogP contribution is 2.33. The summed E-state index contributed by atoms with van der Waals surface area (Å²) in [5.41, 5.74) is 1.99. The van der Waals surface area contributed by atoms with Crippen LogP contribution in [0.1, 0.15) is 33.3 Å². The van der Waals surface area contributed by atoms with Crippen molar-refractivity contribution in [3.63, 3.8) is 0 Å². The molecule has 0 saturated carbocycles. The SMILES string of the molecule is CC1(C)CN(c2ccc(CBr)c(Cl)c2)CC(C)(C)O1. The maximum absolute atomic E-state index is 6.30. The van der Waals surface area contributed by atoms with Gasteiger partial charge in [0.2, 0.25) is 0 Å². The van der Waals surface area contributed by atoms with Crippen molar-refractivity contribution in [2.75, 3.05) is 18.0 Å². The Labute approximate surface area is 129 Å². The third-order valence-corrected chi connectivity index (χ3v) is 4.20. The molecule has 1 fully saturated rings. The maximum atomic E-state index is 6.30. The lowest BCUT2D eigenvalue weighted by Crippen LogP contribution is -2.57. The molecule has 0 spiro atoms. The lowest BCUT2D eigenvalue weighted by Gasteiger charge is -2.48. The van der Waals surface area contributed by atoms with E-state index < -0.39 is 0 Å². The Morgan fingerprint density at radius 1 is 1.21 bits per heavy atom. The third-order valence-electron chi connectivity index (χ3n) is 3.24. The van der Waals surface area contributed by atoms with Crippen molar-refractivity contribution in [2.45, 2.75) is 44.2 Å². The molecule has 0 radical (unpaired) electrons. The normalized spacial score (nSPS) is 21.5. The van der Waals surface area contributed by atoms with Crippen LogP contribution in [0.15, 0.2) is 18.2 Å². The molecule has 2 rings (SSSR count). The Kier molecular flexibility index (Phi) is 4.20. The highest BCUT2D eigenvalue weighted by atomic mass is 79.9. The van der Waals surface area contributed by atoms with Crippen molar-refractivity contribution in [3.05, 3.63) is 28.8 Å². The predicted octanol–water partition coefficient (Wildman–Crippen LogP) is 4.63. The number of hydrogen-bond donors (Lipinski definition) is 0. The van der Waals surface area contributed by atoms with Crippen molar-refractivity contribution in [1.82, 2.24) is 0 Å². The summed E-state index contributed by atoms with van der Waals surface area (Å²) in [6.07, 6.45) is 0. The smallest absolute Gasteiger partial charge is 0.0808 e. The van der Waals surface area contributed by atoms with Crippen LogP contribution in [0.4, 0.5) is 5.69 Å². The molecule has 19 heavy (non-hydrogen) atoms. The summed E-state index contributed by atoms with van der Waals surface area (Å²) in [7, 11) is 0. The molecule has 106 valence electrons. The molecule has 1 saturated heterocycles. The van der Waals surface area contributed by atoms with Crippen LogP contribution < -0.4 is 4.90 Å². The summed E-state index contributed by atoms with van der Waals surface area (Å²) < 4.78 is 6.11. The summed E-state index contributed by atoms with van der Waals surface area (Å²) >= 11 is 9.75. The largest absolute Gasteiger partial charge is 0.366 e. The second kappa shape index (κ2) is 5.27. The van der Waals surface area contributed by atoms with E-state index in [1.807, 2.05) is 0 Å². The Morgan fingerprint density at radius 3 is 2.26 bits per heavy atom. The van der Waals surface area contributed by atoms with Crippen molar-refractivity contribution >= 4 is 33.2 Å². The Balaban J connectivity index is 2.28. The van der Waals surface area contributed by atoms with Crippen LogP contribution >= 0.6 is 27.5 Å². The number of halogens is 2. The van der Waals surface area contributed by atoms with E-state index in [0.29, 0.717) is 0 Å². The first-order valence-electron chi connectivity index (χ1n) is 6.52. The number of anilines is 1. The van der Waals surface area contributed by atoms with E-state index in [4.69, 9.17) is 16.3 Å². The molecular weight excluding hydrogens is 326 g/mol. The quantitative estimate of drug-likeness (QED) is 0.724. The molecule has 4 heteroatoms. The van der Waals surface area contributed by atoms with E-state index in [1.54, 1.807) is 0 Å². The lowest BCUT2D eigenvalue weighted by atomic mass is 9.98. The van der Waals surface area contributed by atoms with Gasteiger partial charge in [-0.15, -0.1) is 0 Å². The van der Waals surface area contributed by atoms with E-state index in [-0.39, 0.29) is 11.2 Å². The Hall–Kier alpha value is -0.250. The molecule has 2 nitrogen and oxygen atoms in total. The van der Waals surface area contributed by atoms with Gasteiger partial charge in [0.05, 0.1) is 11.2 Å². The van der Waals surface area contributed by atoms with Gasteiger partial charge in [-0.3, -0.25) is 0 Å². The molecule has 1 aromatic carbocycles. The summed E-state index contributed by atoms with van der Waals surface area (Å²) in [5, 5.41) is 1.60. The number of benzene rings is 1. The molecule has 0 N–H and O–H groups in total. The van der Waals surface area contributed by atoms with Gasteiger partial charge in [0.25, 0.3) is 0 Å². The van der Waals surface area contributed by atoms with Crippen molar-refractivity contribution in [1.29, 1.82) is 0 Å². The summed E-state index contributed by atoms with van der Waals surface area (Å²) in [6, 6.07) is 6.28. The van der Waals surface area contributed by atoms with Gasteiger partial charge in [0, 0.05) is 29.1 Å². The molecule has 0 aliphatic carbocycles. The molecule has 1 aromatic rings. The van der Waals surface area contributed by atoms with Crippen molar-refractivity contribution < 1.29 is 4.74 Å². The van der Waals surface area contributed by atoms with E-state index >= 15 is 0 Å². The number of rotatable bonds is 2. The second-order valence-electron chi connectivity index (χ2n) is 6.39. The molecule has 0 aromatic heterocycles. The first-order valence-corrected chi connectivity index (χ1v) is 8.02. The predicted molar refractivity (Wildman–Crippen MR) is 85.5 cm³/mol. The molecule has 0 amide bonds. The van der Waals surface area contributed by atoms with Gasteiger partial charge in [-0.1, -0.05) is 33.6 Å². The fraction of sp³-hybridized carbons (Fsp3) is 0.600. The lowest BCUT2D eigenvalue weighted by molar-refractivity contribution is -0.133. The fourth-order valence-electron chi connectivity index (χ4n) is 2.81. The number of alkyl halides is 1. The van der Waals surface area contributed by atoms with Crippen LogP contribution in [-0.4, -0.2) is 24.3 Å². The number of ether oxygens (including phenoxy) is 1. The topological polar surface area (TPSA) is 12.5 Å². The van der Waals surface area contributed by atoms with Crippen LogP contribution in [0, 0.1) is 0 Å². The van der Waals surface area contributed by atoms with Crippen LogP contribution in [0.5, 0.6) is 0 Å². The van der Waals surface area contributed by atoms with Gasteiger partial charge in [-0.25, -0.2) is 0 Å². The van der Waals surface area contributed by atoms with Crippen LogP contribution in [-0.2, 0) is 10.1 Å². The Bertz CT molecular complexity index is 457. The number of morpholine rings is 1. The average Bonchev–Trinajstić information content (AvgIpc) is 2.24. The van der Waals surface area contributed by atoms with Crippen LogP contribution in [0.3, 0.4) is 0 Å². The van der Waals surface area contributed by atoms with E-state index in [0.717, 1.165) is 29.0 Å². The summed E-state index contributed by atoms with van der Waals surface area (Å²) in [5.74, 6) is 0. The first-order chi connectivity index (χ1) is 8.72. The van der Waals surface area contributed by atoms with Gasteiger partial charge in [-0.2, -0.15) is 0 Å². The molecule has 1 aliphatic rings. The van der Waals surface area contributed by atoms with E-state index in [9.17, 15) is 0 Å². The fourth-order valence-corrected chi connectivity index (χ4v) is 3.70. The van der Waals surface area contributed by atoms with Gasteiger partial charge >= 0.3 is 0 Å². The van der Waals surface area contributed by atoms with Gasteiger partial charge in [-0.05, 0) is 45.4 Å². The summed E-state index contributed by atoms with van der Waals surface area (Å²) in [6.45, 7) is 10.3. The second-order valence-corrected chi connectivity index (χ2v) is 7.35. The summed E-state index contributed by atoms with van der Waals surface area (Å²) in [4.78, 5) is 2.35. The zero-order chi connectivity index (χ0) is 14.3. The molecule has 0 unspecified atom stereocenters.